The second-order valence-electron chi connectivity index (χ2n) is 6.94. The third-order valence-corrected chi connectivity index (χ3v) is 6.24. The van der Waals surface area contributed by atoms with Gasteiger partial charge in [0, 0.05) is 27.0 Å². The molecule has 2 heterocycles. The predicted molar refractivity (Wildman–Crippen MR) is 123 cm³/mol. The Balaban J connectivity index is 0.00000225. The van der Waals surface area contributed by atoms with Crippen LogP contribution >= 0.6 is 35.3 Å². The van der Waals surface area contributed by atoms with Crippen molar-refractivity contribution in [2.45, 2.75) is 13.0 Å². The summed E-state index contributed by atoms with van der Waals surface area (Å²) in [5, 5.41) is 2.45. The van der Waals surface area contributed by atoms with Gasteiger partial charge in [-0.1, -0.05) is 11.6 Å². The quantitative estimate of drug-likeness (QED) is 0.419. The molecule has 0 fully saturated rings. The van der Waals surface area contributed by atoms with Gasteiger partial charge in [-0.05, 0) is 63.5 Å². The van der Waals surface area contributed by atoms with Crippen molar-refractivity contribution in [2.75, 3.05) is 27.7 Å². The molecule has 0 aliphatic heterocycles. The molecule has 4 aromatic rings. The van der Waals surface area contributed by atoms with Gasteiger partial charge in [-0.15, -0.1) is 23.7 Å². The molecule has 0 saturated carbocycles. The van der Waals surface area contributed by atoms with E-state index < -0.39 is 0 Å². The highest BCUT2D eigenvalue weighted by Crippen LogP contribution is 2.36. The Labute approximate surface area is 178 Å². The van der Waals surface area contributed by atoms with E-state index in [9.17, 15) is 4.79 Å². The van der Waals surface area contributed by atoms with Crippen molar-refractivity contribution in [2.24, 2.45) is 0 Å². The maximum absolute atomic E-state index is 13.4. The van der Waals surface area contributed by atoms with Crippen LogP contribution in [0.3, 0.4) is 0 Å². The molecule has 0 spiro atoms. The van der Waals surface area contributed by atoms with E-state index in [4.69, 9.17) is 16.3 Å². The highest BCUT2D eigenvalue weighted by atomic mass is 35.5. The number of halogens is 2. The van der Waals surface area contributed by atoms with Crippen molar-refractivity contribution in [3.8, 4) is 5.75 Å². The summed E-state index contributed by atoms with van der Waals surface area (Å²) in [4.78, 5) is 15.5. The molecule has 4 nitrogen and oxygen atoms in total. The lowest BCUT2D eigenvalue weighted by molar-refractivity contribution is 0.389. The number of aromatic nitrogens is 1. The first-order chi connectivity index (χ1) is 13.0. The number of hydrogen-bond acceptors (Lipinski definition) is 4. The summed E-state index contributed by atoms with van der Waals surface area (Å²) in [5.41, 5.74) is 1.90. The summed E-state index contributed by atoms with van der Waals surface area (Å²) in [7, 11) is 5.76. The summed E-state index contributed by atoms with van der Waals surface area (Å²) in [6, 6.07) is 11.5. The number of methoxy groups -OCH3 is 1. The van der Waals surface area contributed by atoms with Crippen LogP contribution in [-0.4, -0.2) is 37.2 Å². The van der Waals surface area contributed by atoms with Gasteiger partial charge >= 0.3 is 0 Å². The van der Waals surface area contributed by atoms with Gasteiger partial charge in [0.25, 0.3) is 0 Å². The molecule has 0 bridgehead atoms. The summed E-state index contributed by atoms with van der Waals surface area (Å²) in [6.45, 7) is 1.76. The van der Waals surface area contributed by atoms with Gasteiger partial charge in [-0.25, -0.2) is 0 Å². The van der Waals surface area contributed by atoms with E-state index >= 15 is 0 Å². The Kier molecular flexibility index (Phi) is 6.20. The molecule has 2 aromatic heterocycles. The third kappa shape index (κ3) is 3.60. The molecule has 0 aliphatic carbocycles. The van der Waals surface area contributed by atoms with Crippen LogP contribution in [0, 0.1) is 0 Å². The van der Waals surface area contributed by atoms with E-state index in [2.05, 4.69) is 23.6 Å². The number of fused-ring (bicyclic) bond motifs is 4. The predicted octanol–water partition coefficient (Wildman–Crippen LogP) is 5.40. The van der Waals surface area contributed by atoms with Gasteiger partial charge in [0.1, 0.15) is 11.3 Å². The van der Waals surface area contributed by atoms with Crippen LogP contribution in [0.1, 0.15) is 6.42 Å². The average molecular weight is 437 g/mol. The lowest BCUT2D eigenvalue weighted by Crippen LogP contribution is -2.16. The SMILES string of the molecule is COc1ccc2c(=O)c3c(sc2c1)c1cc(Cl)ccc1n3CCCN(C)C.Cl. The molecule has 0 amide bonds. The van der Waals surface area contributed by atoms with Crippen molar-refractivity contribution in [1.82, 2.24) is 9.47 Å². The number of rotatable bonds is 5. The minimum Gasteiger partial charge on any atom is -0.497 e. The molecular formula is C21H22Cl2N2O2S. The van der Waals surface area contributed by atoms with Crippen LogP contribution in [0.15, 0.2) is 41.2 Å². The smallest absolute Gasteiger partial charge is 0.212 e. The number of hydrogen-bond donors (Lipinski definition) is 0. The fourth-order valence-corrected chi connectivity index (χ4v) is 4.95. The largest absolute Gasteiger partial charge is 0.497 e. The van der Waals surface area contributed by atoms with Crippen molar-refractivity contribution in [1.29, 1.82) is 0 Å². The molecule has 0 N–H and O–H groups in total. The normalized spacial score (nSPS) is 11.5. The standard InChI is InChI=1S/C21H21ClN2O2S.ClH/c1-23(2)9-4-10-24-17-8-5-13(22)11-16(17)21-19(24)20(25)15-7-6-14(26-3)12-18(15)27-21;/h5-8,11-12H,4,9-10H2,1-3H3;1H. The Hall–Kier alpha value is -1.79. The van der Waals surface area contributed by atoms with Gasteiger partial charge in [-0.3, -0.25) is 4.79 Å². The summed E-state index contributed by atoms with van der Waals surface area (Å²) >= 11 is 7.89. The maximum Gasteiger partial charge on any atom is 0.212 e. The number of ether oxygens (including phenoxy) is 1. The molecule has 2 aromatic carbocycles. The Morgan fingerprint density at radius 3 is 2.64 bits per heavy atom. The maximum atomic E-state index is 13.4. The Morgan fingerprint density at radius 1 is 1.14 bits per heavy atom. The van der Waals surface area contributed by atoms with Gasteiger partial charge in [0.05, 0.1) is 17.3 Å². The fraction of sp³-hybridized carbons (Fsp3) is 0.286. The van der Waals surface area contributed by atoms with E-state index in [0.717, 1.165) is 56.5 Å². The van der Waals surface area contributed by atoms with Crippen molar-refractivity contribution < 1.29 is 4.74 Å². The van der Waals surface area contributed by atoms with E-state index in [0.29, 0.717) is 5.02 Å². The molecule has 0 saturated heterocycles. The zero-order valence-corrected chi connectivity index (χ0v) is 18.4. The van der Waals surface area contributed by atoms with Crippen LogP contribution in [0.25, 0.3) is 31.2 Å². The monoisotopic (exact) mass is 436 g/mol. The van der Waals surface area contributed by atoms with Crippen molar-refractivity contribution >= 4 is 66.6 Å². The zero-order chi connectivity index (χ0) is 19.1. The topological polar surface area (TPSA) is 34.5 Å². The van der Waals surface area contributed by atoms with Crippen LogP contribution in [0.5, 0.6) is 5.75 Å². The molecule has 28 heavy (non-hydrogen) atoms. The van der Waals surface area contributed by atoms with E-state index in [1.165, 1.54) is 0 Å². The van der Waals surface area contributed by atoms with E-state index in [-0.39, 0.29) is 17.8 Å². The number of aryl methyl sites for hydroxylation is 1. The highest BCUT2D eigenvalue weighted by Gasteiger charge is 2.17. The number of benzene rings is 2. The molecule has 148 valence electrons. The van der Waals surface area contributed by atoms with Gasteiger partial charge < -0.3 is 14.2 Å². The van der Waals surface area contributed by atoms with Crippen LogP contribution in [-0.2, 0) is 6.54 Å². The first kappa shape index (κ1) is 20.9. The molecule has 0 radical (unpaired) electrons. The molecular weight excluding hydrogens is 415 g/mol. The summed E-state index contributed by atoms with van der Waals surface area (Å²) < 4.78 is 9.41. The van der Waals surface area contributed by atoms with Crippen LogP contribution in [0.4, 0.5) is 0 Å². The minimum atomic E-state index is 0. The van der Waals surface area contributed by atoms with Gasteiger partial charge in [0.2, 0.25) is 5.43 Å². The number of nitrogens with zero attached hydrogens (tertiary/aromatic N) is 2. The van der Waals surface area contributed by atoms with Gasteiger partial charge in [-0.2, -0.15) is 0 Å². The van der Waals surface area contributed by atoms with Gasteiger partial charge in [0.15, 0.2) is 0 Å². The van der Waals surface area contributed by atoms with Crippen LogP contribution in [0.2, 0.25) is 5.02 Å². The van der Waals surface area contributed by atoms with E-state index in [1.54, 1.807) is 18.4 Å². The molecule has 0 aliphatic rings. The average Bonchev–Trinajstić information content (AvgIpc) is 2.94. The summed E-state index contributed by atoms with van der Waals surface area (Å²) in [5.74, 6) is 0.755. The summed E-state index contributed by atoms with van der Waals surface area (Å²) in [6.07, 6.45) is 0.971. The first-order valence-corrected chi connectivity index (χ1v) is 10.1. The lowest BCUT2D eigenvalue weighted by Gasteiger charge is -2.11. The first-order valence-electron chi connectivity index (χ1n) is 8.86. The minimum absolute atomic E-state index is 0. The van der Waals surface area contributed by atoms with Crippen molar-refractivity contribution in [3.63, 3.8) is 0 Å². The fourth-order valence-electron chi connectivity index (χ4n) is 3.54. The van der Waals surface area contributed by atoms with E-state index in [1.807, 2.05) is 36.4 Å². The Bertz CT molecular complexity index is 1210. The molecule has 4 rings (SSSR count). The zero-order valence-electron chi connectivity index (χ0n) is 16.0. The molecule has 0 atom stereocenters. The second kappa shape index (κ2) is 8.29. The van der Waals surface area contributed by atoms with Crippen LogP contribution < -0.4 is 10.2 Å². The van der Waals surface area contributed by atoms with Crippen molar-refractivity contribution in [3.05, 3.63) is 51.6 Å². The third-order valence-electron chi connectivity index (χ3n) is 4.83. The highest BCUT2D eigenvalue weighted by molar-refractivity contribution is 7.25. The second-order valence-corrected chi connectivity index (χ2v) is 8.43. The Morgan fingerprint density at radius 2 is 1.93 bits per heavy atom. The lowest BCUT2D eigenvalue weighted by atomic mass is 10.2. The molecule has 7 heteroatoms. The molecule has 0 unspecified atom stereocenters.